The van der Waals surface area contributed by atoms with Crippen molar-refractivity contribution in [1.29, 1.82) is 0 Å². The minimum absolute atomic E-state index is 0.496. The zero-order valence-corrected chi connectivity index (χ0v) is 10.7. The first-order valence-electron chi connectivity index (χ1n) is 5.68. The van der Waals surface area contributed by atoms with Crippen molar-refractivity contribution >= 4 is 23.8 Å². The molecule has 1 aromatic rings. The van der Waals surface area contributed by atoms with E-state index in [4.69, 9.17) is 32.5 Å². The van der Waals surface area contributed by atoms with Gasteiger partial charge in [-0.1, -0.05) is 17.7 Å². The van der Waals surface area contributed by atoms with Crippen molar-refractivity contribution in [1.82, 2.24) is 0 Å². The van der Waals surface area contributed by atoms with Crippen LogP contribution in [0.2, 0.25) is 5.02 Å². The smallest absolute Gasteiger partial charge is 0.405 e. The third-order valence-corrected chi connectivity index (χ3v) is 3.20. The lowest BCUT2D eigenvalue weighted by molar-refractivity contribution is -0.0141. The Labute approximate surface area is 114 Å². The molecule has 0 unspecified atom stereocenters. The van der Waals surface area contributed by atoms with Crippen LogP contribution < -0.4 is 11.5 Å². The molecule has 2 atom stereocenters. The molecule has 0 heterocycles. The van der Waals surface area contributed by atoms with Crippen molar-refractivity contribution in [3.05, 3.63) is 34.3 Å². The molecule has 0 radical (unpaired) electrons. The molecular formula is C12H13ClN2O4. The first-order chi connectivity index (χ1) is 8.97. The Balaban J connectivity index is 2.35. The molecule has 0 spiro atoms. The lowest BCUT2D eigenvalue weighted by Crippen LogP contribution is -2.35. The van der Waals surface area contributed by atoms with E-state index < -0.39 is 24.4 Å². The maximum atomic E-state index is 11.0. The summed E-state index contributed by atoms with van der Waals surface area (Å²) in [5.74, 6) is 0. The minimum Gasteiger partial charge on any atom is -0.442 e. The van der Waals surface area contributed by atoms with E-state index in [1.54, 1.807) is 12.1 Å². The van der Waals surface area contributed by atoms with Crippen molar-refractivity contribution in [2.45, 2.75) is 25.0 Å². The van der Waals surface area contributed by atoms with Gasteiger partial charge in [-0.3, -0.25) is 0 Å². The van der Waals surface area contributed by atoms with Gasteiger partial charge in [-0.25, -0.2) is 9.59 Å². The molecule has 0 saturated heterocycles. The number of hydrogen-bond acceptors (Lipinski definition) is 4. The number of carbonyl (C=O) groups is 2. The van der Waals surface area contributed by atoms with Crippen molar-refractivity contribution in [2.75, 3.05) is 0 Å². The van der Waals surface area contributed by atoms with Gasteiger partial charge in [0, 0.05) is 10.6 Å². The summed E-state index contributed by atoms with van der Waals surface area (Å²) in [6.07, 6.45) is -2.15. The Morgan fingerprint density at radius 3 is 2.53 bits per heavy atom. The Kier molecular flexibility index (Phi) is 3.80. The van der Waals surface area contributed by atoms with Gasteiger partial charge in [0.1, 0.15) is 6.10 Å². The van der Waals surface area contributed by atoms with Crippen molar-refractivity contribution < 1.29 is 19.1 Å². The fourth-order valence-electron chi connectivity index (χ4n) is 2.24. The van der Waals surface area contributed by atoms with E-state index in [1.807, 2.05) is 6.07 Å². The van der Waals surface area contributed by atoms with Gasteiger partial charge in [-0.2, -0.15) is 0 Å². The molecule has 2 amide bonds. The number of hydrogen-bond donors (Lipinski definition) is 2. The normalized spacial score (nSPS) is 21.3. The molecular weight excluding hydrogens is 272 g/mol. The fraction of sp³-hybridized carbons (Fsp3) is 0.333. The largest absolute Gasteiger partial charge is 0.442 e. The van der Waals surface area contributed by atoms with Gasteiger partial charge in [-0.05, 0) is 30.5 Å². The molecule has 2 rings (SSSR count). The highest BCUT2D eigenvalue weighted by Gasteiger charge is 2.34. The summed E-state index contributed by atoms with van der Waals surface area (Å²) in [5, 5.41) is 0.497. The number of fused-ring (bicyclic) bond motifs is 1. The molecule has 1 aliphatic rings. The third kappa shape index (κ3) is 3.08. The van der Waals surface area contributed by atoms with E-state index in [0.717, 1.165) is 5.56 Å². The number of aryl methyl sites for hydroxylation is 1. The molecule has 7 heteroatoms. The van der Waals surface area contributed by atoms with E-state index in [1.165, 1.54) is 0 Å². The summed E-state index contributed by atoms with van der Waals surface area (Å²) in [6.45, 7) is 0. The average Bonchev–Trinajstić information content (AvgIpc) is 2.31. The van der Waals surface area contributed by atoms with E-state index in [0.29, 0.717) is 23.4 Å². The monoisotopic (exact) mass is 284 g/mol. The quantitative estimate of drug-likeness (QED) is 0.865. The summed E-state index contributed by atoms with van der Waals surface area (Å²) < 4.78 is 10.00. The van der Waals surface area contributed by atoms with Crippen LogP contribution in [-0.4, -0.2) is 18.3 Å². The Hall–Kier alpha value is -1.95. The van der Waals surface area contributed by atoms with Crippen LogP contribution in [0, 0.1) is 0 Å². The summed E-state index contributed by atoms with van der Waals surface area (Å²) in [5.41, 5.74) is 11.7. The standard InChI is InChI=1S/C12H13ClN2O4/c13-7-3-1-6-2-4-9(18-11(14)16)10(8(6)5-7)19-12(15)17/h1,3,5,9-10H,2,4H2,(H2,14,16)(H2,15,17)/t9-,10+/m1/s1. The highest BCUT2D eigenvalue weighted by atomic mass is 35.5. The summed E-state index contributed by atoms with van der Waals surface area (Å²) in [7, 11) is 0. The lowest BCUT2D eigenvalue weighted by atomic mass is 9.87. The fourth-order valence-corrected chi connectivity index (χ4v) is 2.42. The third-order valence-electron chi connectivity index (χ3n) is 2.96. The second kappa shape index (κ2) is 5.36. The zero-order chi connectivity index (χ0) is 14.0. The number of rotatable bonds is 2. The number of carbonyl (C=O) groups excluding carboxylic acids is 2. The second-order valence-corrected chi connectivity index (χ2v) is 4.65. The summed E-state index contributed by atoms with van der Waals surface area (Å²) in [4.78, 5) is 21.9. The van der Waals surface area contributed by atoms with Gasteiger partial charge < -0.3 is 20.9 Å². The van der Waals surface area contributed by atoms with E-state index in [-0.39, 0.29) is 0 Å². The van der Waals surface area contributed by atoms with Crippen LogP contribution in [0.4, 0.5) is 9.59 Å². The highest BCUT2D eigenvalue weighted by Crippen LogP contribution is 2.36. The maximum absolute atomic E-state index is 11.0. The molecule has 0 saturated carbocycles. The molecule has 1 aromatic carbocycles. The van der Waals surface area contributed by atoms with Gasteiger partial charge in [0.25, 0.3) is 0 Å². The van der Waals surface area contributed by atoms with Crippen LogP contribution in [0.5, 0.6) is 0 Å². The Morgan fingerprint density at radius 1 is 1.21 bits per heavy atom. The highest BCUT2D eigenvalue weighted by molar-refractivity contribution is 6.30. The molecule has 1 aliphatic carbocycles. The predicted octanol–water partition coefficient (Wildman–Crippen LogP) is 1.89. The van der Waals surface area contributed by atoms with Gasteiger partial charge in [0.05, 0.1) is 0 Å². The number of ether oxygens (including phenoxy) is 2. The first kappa shape index (κ1) is 13.5. The second-order valence-electron chi connectivity index (χ2n) is 4.21. The Bertz CT molecular complexity index is 520. The Morgan fingerprint density at radius 2 is 1.89 bits per heavy atom. The molecule has 0 aromatic heterocycles. The lowest BCUT2D eigenvalue weighted by Gasteiger charge is -2.31. The van der Waals surface area contributed by atoms with Crippen LogP contribution in [0.15, 0.2) is 18.2 Å². The van der Waals surface area contributed by atoms with Gasteiger partial charge in [0.2, 0.25) is 0 Å². The van der Waals surface area contributed by atoms with Crippen molar-refractivity contribution in [3.63, 3.8) is 0 Å². The molecule has 6 nitrogen and oxygen atoms in total. The van der Waals surface area contributed by atoms with E-state index in [2.05, 4.69) is 0 Å². The SMILES string of the molecule is NC(=O)O[C@@H]1CCc2ccc(Cl)cc2[C@@H]1OC(N)=O. The molecule has 0 aliphatic heterocycles. The number of nitrogens with two attached hydrogens (primary N) is 2. The maximum Gasteiger partial charge on any atom is 0.405 e. The van der Waals surface area contributed by atoms with Crippen LogP contribution in [0.3, 0.4) is 0 Å². The molecule has 0 bridgehead atoms. The van der Waals surface area contributed by atoms with Crippen LogP contribution in [0.25, 0.3) is 0 Å². The van der Waals surface area contributed by atoms with Gasteiger partial charge in [0.15, 0.2) is 6.10 Å². The molecule has 4 N–H and O–H groups in total. The zero-order valence-electron chi connectivity index (χ0n) is 9.97. The predicted molar refractivity (Wildman–Crippen MR) is 67.6 cm³/mol. The van der Waals surface area contributed by atoms with E-state index >= 15 is 0 Å². The number of halogens is 1. The average molecular weight is 285 g/mol. The number of benzene rings is 1. The minimum atomic E-state index is -0.948. The molecule has 19 heavy (non-hydrogen) atoms. The topological polar surface area (TPSA) is 105 Å². The van der Waals surface area contributed by atoms with Crippen LogP contribution in [0.1, 0.15) is 23.7 Å². The number of primary amides is 2. The van der Waals surface area contributed by atoms with Crippen molar-refractivity contribution in [2.24, 2.45) is 11.5 Å². The van der Waals surface area contributed by atoms with Crippen molar-refractivity contribution in [3.8, 4) is 0 Å². The number of amides is 2. The van der Waals surface area contributed by atoms with Crippen LogP contribution in [-0.2, 0) is 15.9 Å². The molecule has 102 valence electrons. The van der Waals surface area contributed by atoms with Crippen LogP contribution >= 0.6 is 11.6 Å². The van der Waals surface area contributed by atoms with E-state index in [9.17, 15) is 9.59 Å². The van der Waals surface area contributed by atoms with Gasteiger partial charge >= 0.3 is 12.2 Å². The summed E-state index contributed by atoms with van der Waals surface area (Å²) >= 11 is 5.93. The molecule has 0 fully saturated rings. The summed E-state index contributed by atoms with van der Waals surface area (Å²) in [6, 6.07) is 5.26. The first-order valence-corrected chi connectivity index (χ1v) is 6.05. The van der Waals surface area contributed by atoms with Gasteiger partial charge in [-0.15, -0.1) is 0 Å².